The van der Waals surface area contributed by atoms with E-state index in [1.54, 1.807) is 24.3 Å². The fourth-order valence-corrected chi connectivity index (χ4v) is 2.93. The van der Waals surface area contributed by atoms with Crippen LogP contribution in [0.2, 0.25) is 0 Å². The van der Waals surface area contributed by atoms with Crippen molar-refractivity contribution >= 4 is 17.6 Å². The lowest BCUT2D eigenvalue weighted by Gasteiger charge is -2.22. The van der Waals surface area contributed by atoms with Gasteiger partial charge in [-0.15, -0.1) is 0 Å². The molecule has 0 bridgehead atoms. The van der Waals surface area contributed by atoms with Crippen LogP contribution in [-0.4, -0.2) is 57.2 Å². The van der Waals surface area contributed by atoms with Gasteiger partial charge in [-0.1, -0.05) is 12.1 Å². The minimum Gasteiger partial charge on any atom is -0.433 e. The molecule has 150 valence electrons. The highest BCUT2D eigenvalue weighted by Crippen LogP contribution is 2.31. The molecule has 3 N–H and O–H groups in total. The van der Waals surface area contributed by atoms with Gasteiger partial charge in [-0.05, 0) is 32.4 Å². The van der Waals surface area contributed by atoms with Crippen LogP contribution in [0.15, 0.2) is 29.3 Å². The summed E-state index contributed by atoms with van der Waals surface area (Å²) < 4.78 is 29.9. The second kappa shape index (κ2) is 10.5. The Labute approximate surface area is 158 Å². The van der Waals surface area contributed by atoms with E-state index in [-0.39, 0.29) is 24.2 Å². The molecule has 1 heterocycles. The normalized spacial score (nSPS) is 17.1. The van der Waals surface area contributed by atoms with Crippen LogP contribution in [0, 0.1) is 0 Å². The molecule has 0 radical (unpaired) electrons. The highest BCUT2D eigenvalue weighted by atomic mass is 19.3. The summed E-state index contributed by atoms with van der Waals surface area (Å²) in [7, 11) is 0. The van der Waals surface area contributed by atoms with Gasteiger partial charge in [-0.3, -0.25) is 4.79 Å². The van der Waals surface area contributed by atoms with Gasteiger partial charge >= 0.3 is 6.61 Å². The number of likely N-dealkylation sites (N-methyl/N-ethyl adjacent to an activating group) is 1. The number of hydrogen-bond acceptors (Lipinski definition) is 4. The number of rotatable bonds is 8. The summed E-state index contributed by atoms with van der Waals surface area (Å²) in [6, 6.07) is 6.86. The maximum Gasteiger partial charge on any atom is 0.387 e. The molecule has 7 nitrogen and oxygen atoms in total. The third-order valence-corrected chi connectivity index (χ3v) is 4.05. The first-order valence-electron chi connectivity index (χ1n) is 9.13. The van der Waals surface area contributed by atoms with Gasteiger partial charge in [0.1, 0.15) is 12.3 Å². The van der Waals surface area contributed by atoms with Crippen molar-refractivity contribution in [3.05, 3.63) is 24.3 Å². The molecule has 1 saturated heterocycles. The van der Waals surface area contributed by atoms with Crippen molar-refractivity contribution in [2.45, 2.75) is 32.9 Å². The average molecular weight is 383 g/mol. The third kappa shape index (κ3) is 6.58. The lowest BCUT2D eigenvalue weighted by Crippen LogP contribution is -2.45. The van der Waals surface area contributed by atoms with E-state index in [2.05, 4.69) is 25.7 Å². The summed E-state index contributed by atoms with van der Waals surface area (Å²) in [6.07, 6.45) is 0.814. The number of aliphatic imine (C=N–C) groups is 1. The summed E-state index contributed by atoms with van der Waals surface area (Å²) >= 11 is 0. The predicted molar refractivity (Wildman–Crippen MR) is 101 cm³/mol. The Morgan fingerprint density at radius 3 is 2.74 bits per heavy atom. The molecule has 0 aliphatic carbocycles. The molecule has 1 unspecified atom stereocenters. The standard InChI is InChI=1S/C18H27F2N5O2/c1-3-21-16(26)11-23-18(22-4-2)24-13-9-10-25(12-13)14-7-5-6-8-15(14)27-17(19)20/h5-8,13,17H,3-4,9-12H2,1-2H3,(H,21,26)(H2,22,23,24). The summed E-state index contributed by atoms with van der Waals surface area (Å²) in [5.41, 5.74) is 0.645. The Morgan fingerprint density at radius 1 is 1.30 bits per heavy atom. The van der Waals surface area contributed by atoms with Crippen molar-refractivity contribution in [3.8, 4) is 5.75 Å². The van der Waals surface area contributed by atoms with Crippen LogP contribution in [0.1, 0.15) is 20.3 Å². The number of benzene rings is 1. The first kappa shape index (κ1) is 20.7. The molecule has 0 saturated carbocycles. The highest BCUT2D eigenvalue weighted by Gasteiger charge is 2.26. The zero-order valence-corrected chi connectivity index (χ0v) is 15.7. The van der Waals surface area contributed by atoms with Crippen LogP contribution >= 0.6 is 0 Å². The van der Waals surface area contributed by atoms with Gasteiger partial charge in [0.05, 0.1) is 5.69 Å². The number of anilines is 1. The lowest BCUT2D eigenvalue weighted by atomic mass is 10.2. The van der Waals surface area contributed by atoms with Crippen LogP contribution in [0.4, 0.5) is 14.5 Å². The largest absolute Gasteiger partial charge is 0.433 e. The van der Waals surface area contributed by atoms with Crippen LogP contribution in [0.3, 0.4) is 0 Å². The SMILES string of the molecule is CCNC(=O)CN=C(NCC)NC1CCN(c2ccccc2OC(F)F)C1. The number of nitrogens with zero attached hydrogens (tertiary/aromatic N) is 2. The third-order valence-electron chi connectivity index (χ3n) is 4.05. The number of carbonyl (C=O) groups is 1. The zero-order chi connectivity index (χ0) is 19.6. The molecule has 1 aromatic carbocycles. The van der Waals surface area contributed by atoms with Gasteiger partial charge in [0.15, 0.2) is 5.96 Å². The maximum atomic E-state index is 12.6. The lowest BCUT2D eigenvalue weighted by molar-refractivity contribution is -0.119. The molecule has 1 aliphatic heterocycles. The minimum absolute atomic E-state index is 0.0463. The van der Waals surface area contributed by atoms with E-state index in [9.17, 15) is 13.6 Å². The van der Waals surface area contributed by atoms with E-state index >= 15 is 0 Å². The van der Waals surface area contributed by atoms with Crippen molar-refractivity contribution in [3.63, 3.8) is 0 Å². The Bertz CT molecular complexity index is 642. The summed E-state index contributed by atoms with van der Waals surface area (Å²) in [4.78, 5) is 17.9. The van der Waals surface area contributed by atoms with Crippen LogP contribution in [-0.2, 0) is 4.79 Å². The number of para-hydroxylation sites is 2. The van der Waals surface area contributed by atoms with Gasteiger partial charge in [0.2, 0.25) is 5.91 Å². The topological polar surface area (TPSA) is 78.0 Å². The van der Waals surface area contributed by atoms with E-state index in [0.717, 1.165) is 6.42 Å². The Kier molecular flexibility index (Phi) is 8.09. The fourth-order valence-electron chi connectivity index (χ4n) is 2.93. The number of ether oxygens (including phenoxy) is 1. The minimum atomic E-state index is -2.86. The van der Waals surface area contributed by atoms with Crippen LogP contribution in [0.25, 0.3) is 0 Å². The van der Waals surface area contributed by atoms with E-state index in [4.69, 9.17) is 0 Å². The van der Waals surface area contributed by atoms with Crippen molar-refractivity contribution in [2.24, 2.45) is 4.99 Å². The van der Waals surface area contributed by atoms with Gasteiger partial charge in [0.25, 0.3) is 0 Å². The molecule has 1 atom stereocenters. The van der Waals surface area contributed by atoms with E-state index in [1.165, 1.54) is 0 Å². The fraction of sp³-hybridized carbons (Fsp3) is 0.556. The van der Waals surface area contributed by atoms with Crippen molar-refractivity contribution in [2.75, 3.05) is 37.6 Å². The Morgan fingerprint density at radius 2 is 2.04 bits per heavy atom. The smallest absolute Gasteiger partial charge is 0.387 e. The molecule has 1 aromatic rings. The van der Waals surface area contributed by atoms with Crippen molar-refractivity contribution in [1.82, 2.24) is 16.0 Å². The van der Waals surface area contributed by atoms with Crippen LogP contribution < -0.4 is 25.6 Å². The second-order valence-electron chi connectivity index (χ2n) is 6.07. The Hall–Kier alpha value is -2.58. The average Bonchev–Trinajstić information content (AvgIpc) is 3.08. The zero-order valence-electron chi connectivity index (χ0n) is 15.7. The number of alkyl halides is 2. The molecular weight excluding hydrogens is 356 g/mol. The molecular formula is C18H27F2N5O2. The quantitative estimate of drug-likeness (QED) is 0.469. The monoisotopic (exact) mass is 383 g/mol. The number of halogens is 2. The van der Waals surface area contributed by atoms with E-state index in [1.807, 2.05) is 18.7 Å². The first-order valence-corrected chi connectivity index (χ1v) is 9.13. The van der Waals surface area contributed by atoms with Gasteiger partial charge in [-0.25, -0.2) is 4.99 Å². The predicted octanol–water partition coefficient (Wildman–Crippen LogP) is 1.56. The number of guanidine groups is 1. The number of hydrogen-bond donors (Lipinski definition) is 3. The van der Waals surface area contributed by atoms with Crippen LogP contribution in [0.5, 0.6) is 5.75 Å². The van der Waals surface area contributed by atoms with Gasteiger partial charge < -0.3 is 25.6 Å². The molecule has 1 fully saturated rings. The molecule has 0 aromatic heterocycles. The Balaban J connectivity index is 1.98. The summed E-state index contributed by atoms with van der Waals surface area (Å²) in [6.45, 7) is 3.55. The molecule has 1 amide bonds. The highest BCUT2D eigenvalue weighted by molar-refractivity contribution is 5.85. The molecule has 27 heavy (non-hydrogen) atoms. The van der Waals surface area contributed by atoms with E-state index < -0.39 is 6.61 Å². The first-order chi connectivity index (χ1) is 13.0. The second-order valence-corrected chi connectivity index (χ2v) is 6.07. The van der Waals surface area contributed by atoms with Gasteiger partial charge in [-0.2, -0.15) is 8.78 Å². The molecule has 9 heteroatoms. The van der Waals surface area contributed by atoms with Gasteiger partial charge in [0, 0.05) is 32.2 Å². The molecule has 0 spiro atoms. The van der Waals surface area contributed by atoms with Crippen molar-refractivity contribution < 1.29 is 18.3 Å². The summed E-state index contributed by atoms with van der Waals surface area (Å²) in [5.74, 6) is 0.596. The maximum absolute atomic E-state index is 12.6. The van der Waals surface area contributed by atoms with E-state index in [0.29, 0.717) is 37.8 Å². The number of nitrogens with one attached hydrogen (secondary N) is 3. The molecule has 1 aliphatic rings. The number of carbonyl (C=O) groups excluding carboxylic acids is 1. The summed E-state index contributed by atoms with van der Waals surface area (Å²) in [5, 5.41) is 9.12. The van der Waals surface area contributed by atoms with Crippen molar-refractivity contribution in [1.29, 1.82) is 0 Å². The number of amides is 1. The molecule has 2 rings (SSSR count).